The number of halogens is 2. The summed E-state index contributed by atoms with van der Waals surface area (Å²) in [5.74, 6) is 1.55. The number of aryl methyl sites for hydroxylation is 1. The molecule has 0 amide bonds. The minimum Gasteiger partial charge on any atom is -1.00 e. The maximum Gasteiger partial charge on any atom is 0.161 e. The summed E-state index contributed by atoms with van der Waals surface area (Å²) in [5, 5.41) is 3.52. The van der Waals surface area contributed by atoms with Crippen molar-refractivity contribution in [2.24, 2.45) is 0 Å². The standard InChI is InChI=1S/C23H32N2O3.2ClH/c1-19-4-6-20(7-5-19)18-28-22-9-8-21(16-23(22)26-2)17-24-10-3-11-25-12-14-27-15-13-25;;/h4-9,16,24H,3,10-15,17-18H2,1-2H3;2*1H/p-2. The van der Waals surface area contributed by atoms with Crippen LogP contribution in [0.5, 0.6) is 11.5 Å². The first-order valence-corrected chi connectivity index (χ1v) is 10.1. The van der Waals surface area contributed by atoms with E-state index in [1.54, 1.807) is 7.11 Å². The normalized spacial score (nSPS) is 13.8. The van der Waals surface area contributed by atoms with Crippen LogP contribution in [0, 0.1) is 6.92 Å². The second-order valence-corrected chi connectivity index (χ2v) is 7.24. The highest BCUT2D eigenvalue weighted by molar-refractivity contribution is 5.43. The van der Waals surface area contributed by atoms with Gasteiger partial charge in [-0.25, -0.2) is 0 Å². The van der Waals surface area contributed by atoms with E-state index in [0.717, 1.165) is 69.4 Å². The predicted octanol–water partition coefficient (Wildman–Crippen LogP) is -2.60. The molecule has 1 N–H and O–H groups in total. The molecule has 1 heterocycles. The van der Waals surface area contributed by atoms with E-state index in [9.17, 15) is 0 Å². The number of benzene rings is 2. The Morgan fingerprint density at radius 2 is 1.67 bits per heavy atom. The summed E-state index contributed by atoms with van der Waals surface area (Å²) in [5.41, 5.74) is 3.60. The third-order valence-corrected chi connectivity index (χ3v) is 5.00. The fraction of sp³-hybridized carbons (Fsp3) is 0.478. The molecule has 0 aromatic heterocycles. The van der Waals surface area contributed by atoms with Crippen molar-refractivity contribution in [2.45, 2.75) is 26.5 Å². The lowest BCUT2D eigenvalue weighted by molar-refractivity contribution is -0.00100. The van der Waals surface area contributed by atoms with Crippen LogP contribution in [0.15, 0.2) is 42.5 Å². The summed E-state index contributed by atoms with van der Waals surface area (Å²) in [7, 11) is 1.69. The van der Waals surface area contributed by atoms with Gasteiger partial charge in [-0.1, -0.05) is 35.9 Å². The van der Waals surface area contributed by atoms with E-state index >= 15 is 0 Å². The largest absolute Gasteiger partial charge is 1.00 e. The number of hydrogen-bond donors (Lipinski definition) is 1. The monoisotopic (exact) mass is 454 g/mol. The van der Waals surface area contributed by atoms with Gasteiger partial charge in [0.25, 0.3) is 0 Å². The average Bonchev–Trinajstić information content (AvgIpc) is 2.74. The summed E-state index contributed by atoms with van der Waals surface area (Å²) in [6.45, 7) is 9.44. The molecule has 1 saturated heterocycles. The molecule has 2 aromatic carbocycles. The average molecular weight is 455 g/mol. The number of morpholine rings is 1. The third-order valence-electron chi connectivity index (χ3n) is 5.00. The predicted molar refractivity (Wildman–Crippen MR) is 112 cm³/mol. The molecule has 7 heteroatoms. The lowest BCUT2D eigenvalue weighted by Gasteiger charge is -2.26. The highest BCUT2D eigenvalue weighted by Crippen LogP contribution is 2.28. The quantitative estimate of drug-likeness (QED) is 0.399. The fourth-order valence-electron chi connectivity index (χ4n) is 3.27. The second-order valence-electron chi connectivity index (χ2n) is 7.24. The first-order valence-electron chi connectivity index (χ1n) is 10.1. The van der Waals surface area contributed by atoms with Gasteiger partial charge in [0, 0.05) is 19.6 Å². The zero-order valence-electron chi connectivity index (χ0n) is 17.8. The Bertz CT molecular complexity index is 723. The van der Waals surface area contributed by atoms with Crippen molar-refractivity contribution in [3.05, 3.63) is 59.2 Å². The van der Waals surface area contributed by atoms with Crippen LogP contribution < -0.4 is 39.6 Å². The molecule has 3 rings (SSSR count). The zero-order chi connectivity index (χ0) is 19.6. The number of ether oxygens (including phenoxy) is 3. The van der Waals surface area contributed by atoms with Crippen LogP contribution in [-0.4, -0.2) is 51.4 Å². The lowest BCUT2D eigenvalue weighted by Crippen LogP contribution is -3.00. The smallest absolute Gasteiger partial charge is 0.161 e. The van der Waals surface area contributed by atoms with Crippen LogP contribution in [0.1, 0.15) is 23.1 Å². The molecule has 0 atom stereocenters. The van der Waals surface area contributed by atoms with Crippen LogP contribution in [-0.2, 0) is 17.9 Å². The molecule has 0 unspecified atom stereocenters. The Balaban J connectivity index is 0.00000225. The molecule has 1 aliphatic heterocycles. The highest BCUT2D eigenvalue weighted by atomic mass is 35.5. The van der Waals surface area contributed by atoms with Gasteiger partial charge in [0.05, 0.1) is 20.3 Å². The minimum absolute atomic E-state index is 0. The number of nitrogens with one attached hydrogen (secondary N) is 1. The first-order chi connectivity index (χ1) is 13.7. The van der Waals surface area contributed by atoms with Crippen LogP contribution in [0.3, 0.4) is 0 Å². The Morgan fingerprint density at radius 3 is 2.37 bits per heavy atom. The van der Waals surface area contributed by atoms with Crippen molar-refractivity contribution in [2.75, 3.05) is 46.5 Å². The van der Waals surface area contributed by atoms with E-state index in [1.165, 1.54) is 11.1 Å². The van der Waals surface area contributed by atoms with Crippen molar-refractivity contribution >= 4 is 0 Å². The maximum atomic E-state index is 5.96. The van der Waals surface area contributed by atoms with Gasteiger partial charge < -0.3 is 44.3 Å². The lowest BCUT2D eigenvalue weighted by atomic mass is 10.1. The molecule has 2 aromatic rings. The molecule has 0 spiro atoms. The number of rotatable bonds is 10. The van der Waals surface area contributed by atoms with E-state index in [1.807, 2.05) is 6.07 Å². The van der Waals surface area contributed by atoms with E-state index < -0.39 is 0 Å². The minimum atomic E-state index is 0. The summed E-state index contributed by atoms with van der Waals surface area (Å²) in [6, 6.07) is 14.5. The SMILES string of the molecule is COc1cc(CNCCCN2CCOCC2)ccc1OCc1ccc(C)cc1.[Cl-].[Cl-]. The molecule has 0 radical (unpaired) electrons. The number of methoxy groups -OCH3 is 1. The molecule has 0 saturated carbocycles. The Morgan fingerprint density at radius 1 is 0.967 bits per heavy atom. The van der Waals surface area contributed by atoms with Crippen molar-refractivity contribution in [1.82, 2.24) is 10.2 Å². The maximum absolute atomic E-state index is 5.96. The molecule has 168 valence electrons. The van der Waals surface area contributed by atoms with Gasteiger partial charge in [0.15, 0.2) is 11.5 Å². The van der Waals surface area contributed by atoms with Crippen molar-refractivity contribution in [3.63, 3.8) is 0 Å². The molecule has 0 bridgehead atoms. The van der Waals surface area contributed by atoms with Crippen LogP contribution in [0.2, 0.25) is 0 Å². The molecule has 1 fully saturated rings. The summed E-state index contributed by atoms with van der Waals surface area (Å²) < 4.78 is 16.9. The van der Waals surface area contributed by atoms with Crippen molar-refractivity contribution < 1.29 is 39.0 Å². The molecular formula is C23H32Cl2N2O3-2. The summed E-state index contributed by atoms with van der Waals surface area (Å²) in [4.78, 5) is 2.47. The Labute approximate surface area is 192 Å². The molecular weight excluding hydrogens is 423 g/mol. The molecule has 5 nitrogen and oxygen atoms in total. The number of nitrogens with zero attached hydrogens (tertiary/aromatic N) is 1. The Kier molecular flexibility index (Phi) is 12.8. The van der Waals surface area contributed by atoms with Crippen LogP contribution >= 0.6 is 0 Å². The van der Waals surface area contributed by atoms with Crippen LogP contribution in [0.4, 0.5) is 0 Å². The topological polar surface area (TPSA) is 43.0 Å². The van der Waals surface area contributed by atoms with E-state index in [4.69, 9.17) is 14.2 Å². The second kappa shape index (κ2) is 14.5. The molecule has 0 aliphatic carbocycles. The summed E-state index contributed by atoms with van der Waals surface area (Å²) in [6.07, 6.45) is 1.15. The highest BCUT2D eigenvalue weighted by Gasteiger charge is 2.09. The van der Waals surface area contributed by atoms with Gasteiger partial charge in [0.1, 0.15) is 6.61 Å². The van der Waals surface area contributed by atoms with E-state index in [0.29, 0.717) is 6.61 Å². The van der Waals surface area contributed by atoms with Gasteiger partial charge in [-0.3, -0.25) is 4.90 Å². The van der Waals surface area contributed by atoms with Crippen molar-refractivity contribution in [1.29, 1.82) is 0 Å². The third kappa shape index (κ3) is 8.70. The van der Waals surface area contributed by atoms with E-state index in [-0.39, 0.29) is 24.8 Å². The van der Waals surface area contributed by atoms with Gasteiger partial charge in [-0.05, 0) is 49.7 Å². The number of hydrogen-bond acceptors (Lipinski definition) is 5. The summed E-state index contributed by atoms with van der Waals surface area (Å²) >= 11 is 0. The van der Waals surface area contributed by atoms with E-state index in [2.05, 4.69) is 53.5 Å². The fourth-order valence-corrected chi connectivity index (χ4v) is 3.27. The van der Waals surface area contributed by atoms with Gasteiger partial charge in [-0.15, -0.1) is 0 Å². The Hall–Kier alpha value is -1.50. The first kappa shape index (κ1) is 26.5. The molecule has 30 heavy (non-hydrogen) atoms. The zero-order valence-corrected chi connectivity index (χ0v) is 19.3. The van der Waals surface area contributed by atoms with Gasteiger partial charge >= 0.3 is 0 Å². The van der Waals surface area contributed by atoms with Gasteiger partial charge in [0.2, 0.25) is 0 Å². The van der Waals surface area contributed by atoms with Gasteiger partial charge in [-0.2, -0.15) is 0 Å². The van der Waals surface area contributed by atoms with Crippen LogP contribution in [0.25, 0.3) is 0 Å². The van der Waals surface area contributed by atoms with Crippen molar-refractivity contribution in [3.8, 4) is 11.5 Å². The molecule has 1 aliphatic rings.